The molecule has 0 unspecified atom stereocenters. The molecule has 2 aromatic rings. The summed E-state index contributed by atoms with van der Waals surface area (Å²) in [5.41, 5.74) is 8.31. The van der Waals surface area contributed by atoms with Gasteiger partial charge in [-0.2, -0.15) is 0 Å². The quantitative estimate of drug-likeness (QED) is 0.903. The predicted octanol–water partition coefficient (Wildman–Crippen LogP) is 2.14. The summed E-state index contributed by atoms with van der Waals surface area (Å²) in [6, 6.07) is 7.92. The maximum absolute atomic E-state index is 6.42. The third-order valence-corrected chi connectivity index (χ3v) is 4.04. The molecule has 3 rings (SSSR count). The van der Waals surface area contributed by atoms with E-state index in [1.807, 2.05) is 30.5 Å². The zero-order valence-electron chi connectivity index (χ0n) is 12.3. The summed E-state index contributed by atoms with van der Waals surface area (Å²) >= 11 is 0. The van der Waals surface area contributed by atoms with E-state index in [9.17, 15) is 0 Å². The maximum atomic E-state index is 6.42. The third-order valence-electron chi connectivity index (χ3n) is 4.04. The largest absolute Gasteiger partial charge is 0.497 e. The summed E-state index contributed by atoms with van der Waals surface area (Å²) in [5.74, 6) is 1.78. The number of hydrogen-bond donors (Lipinski definition) is 2. The van der Waals surface area contributed by atoms with Crippen LogP contribution in [0.1, 0.15) is 18.7 Å². The molecule has 2 heterocycles. The van der Waals surface area contributed by atoms with Crippen LogP contribution in [0.3, 0.4) is 0 Å². The van der Waals surface area contributed by atoms with E-state index in [1.165, 1.54) is 0 Å². The van der Waals surface area contributed by atoms with Gasteiger partial charge in [0.1, 0.15) is 11.6 Å². The van der Waals surface area contributed by atoms with E-state index in [4.69, 9.17) is 15.2 Å². The van der Waals surface area contributed by atoms with Gasteiger partial charge < -0.3 is 20.2 Å². The van der Waals surface area contributed by atoms with Gasteiger partial charge in [0.05, 0.1) is 19.0 Å². The standard InChI is InChI=1S/C16H21N3O2/c1-20-13-4-2-12(3-5-13)14-11-18-15(19-14)10-16(17)6-8-21-9-7-16/h2-5,11H,6-10,17H2,1H3,(H,18,19). The number of aromatic amines is 1. The Morgan fingerprint density at radius 2 is 2.00 bits per heavy atom. The van der Waals surface area contributed by atoms with Gasteiger partial charge in [-0.05, 0) is 42.7 Å². The van der Waals surface area contributed by atoms with Gasteiger partial charge in [-0.25, -0.2) is 4.98 Å². The van der Waals surface area contributed by atoms with Crippen molar-refractivity contribution in [1.82, 2.24) is 9.97 Å². The number of methoxy groups -OCH3 is 1. The SMILES string of the molecule is COc1ccc(-c2cnc(CC3(N)CCOCC3)[nH]2)cc1. The smallest absolute Gasteiger partial charge is 0.118 e. The fraction of sp³-hybridized carbons (Fsp3) is 0.438. The van der Waals surface area contributed by atoms with Crippen LogP contribution in [0.25, 0.3) is 11.3 Å². The molecule has 1 aliphatic heterocycles. The van der Waals surface area contributed by atoms with Gasteiger partial charge in [0, 0.05) is 25.2 Å². The monoisotopic (exact) mass is 287 g/mol. The van der Waals surface area contributed by atoms with Crippen LogP contribution in [0.5, 0.6) is 5.75 Å². The summed E-state index contributed by atoms with van der Waals surface area (Å²) in [6.07, 6.45) is 4.38. The van der Waals surface area contributed by atoms with Crippen LogP contribution in [0.2, 0.25) is 0 Å². The zero-order valence-corrected chi connectivity index (χ0v) is 12.3. The highest BCUT2D eigenvalue weighted by atomic mass is 16.5. The first-order chi connectivity index (χ1) is 10.2. The van der Waals surface area contributed by atoms with Crippen molar-refractivity contribution in [3.63, 3.8) is 0 Å². The first-order valence-electron chi connectivity index (χ1n) is 7.23. The number of ether oxygens (including phenoxy) is 2. The topological polar surface area (TPSA) is 73.2 Å². The van der Waals surface area contributed by atoms with E-state index < -0.39 is 0 Å². The molecule has 112 valence electrons. The lowest BCUT2D eigenvalue weighted by molar-refractivity contribution is 0.0527. The molecule has 1 aromatic heterocycles. The minimum absolute atomic E-state index is 0.201. The molecular weight excluding hydrogens is 266 g/mol. The molecule has 1 fully saturated rings. The van der Waals surface area contributed by atoms with Gasteiger partial charge in [-0.15, -0.1) is 0 Å². The molecule has 0 spiro atoms. The number of imidazole rings is 1. The van der Waals surface area contributed by atoms with E-state index >= 15 is 0 Å². The minimum Gasteiger partial charge on any atom is -0.497 e. The van der Waals surface area contributed by atoms with Crippen molar-refractivity contribution in [3.05, 3.63) is 36.3 Å². The Balaban J connectivity index is 1.73. The maximum Gasteiger partial charge on any atom is 0.118 e. The zero-order chi connectivity index (χ0) is 14.7. The van der Waals surface area contributed by atoms with Crippen LogP contribution >= 0.6 is 0 Å². The van der Waals surface area contributed by atoms with Crippen molar-refractivity contribution in [2.24, 2.45) is 5.73 Å². The third kappa shape index (κ3) is 3.25. The molecule has 3 N–H and O–H groups in total. The molecule has 0 atom stereocenters. The summed E-state index contributed by atoms with van der Waals surface area (Å²) in [5, 5.41) is 0. The Hall–Kier alpha value is -1.85. The van der Waals surface area contributed by atoms with Gasteiger partial charge in [0.15, 0.2) is 0 Å². The second kappa shape index (κ2) is 5.87. The molecule has 1 aromatic carbocycles. The number of aromatic nitrogens is 2. The van der Waals surface area contributed by atoms with Crippen molar-refractivity contribution in [1.29, 1.82) is 0 Å². The molecule has 0 saturated carbocycles. The lowest BCUT2D eigenvalue weighted by Gasteiger charge is -2.32. The van der Waals surface area contributed by atoms with E-state index in [1.54, 1.807) is 7.11 Å². The first-order valence-corrected chi connectivity index (χ1v) is 7.23. The Morgan fingerprint density at radius 1 is 1.29 bits per heavy atom. The van der Waals surface area contributed by atoms with Crippen LogP contribution in [0, 0.1) is 0 Å². The fourth-order valence-corrected chi connectivity index (χ4v) is 2.66. The average molecular weight is 287 g/mol. The Kier molecular flexibility index (Phi) is 3.94. The van der Waals surface area contributed by atoms with Crippen molar-refractivity contribution in [3.8, 4) is 17.0 Å². The van der Waals surface area contributed by atoms with Gasteiger partial charge >= 0.3 is 0 Å². The van der Waals surface area contributed by atoms with Gasteiger partial charge in [0.25, 0.3) is 0 Å². The highest BCUT2D eigenvalue weighted by Gasteiger charge is 2.29. The molecule has 1 saturated heterocycles. The number of nitrogens with zero attached hydrogens (tertiary/aromatic N) is 1. The van der Waals surface area contributed by atoms with Crippen LogP contribution in [0.4, 0.5) is 0 Å². The Bertz CT molecular complexity index is 586. The van der Waals surface area contributed by atoms with Crippen LogP contribution < -0.4 is 10.5 Å². The molecular formula is C16H21N3O2. The number of nitrogens with one attached hydrogen (secondary N) is 1. The normalized spacial score (nSPS) is 17.6. The predicted molar refractivity (Wildman–Crippen MR) is 81.3 cm³/mol. The highest BCUT2D eigenvalue weighted by molar-refractivity contribution is 5.59. The number of hydrogen-bond acceptors (Lipinski definition) is 4. The lowest BCUT2D eigenvalue weighted by Crippen LogP contribution is -2.47. The minimum atomic E-state index is -0.201. The van der Waals surface area contributed by atoms with Crippen LogP contribution in [0.15, 0.2) is 30.5 Å². The van der Waals surface area contributed by atoms with E-state index in [2.05, 4.69) is 9.97 Å². The van der Waals surface area contributed by atoms with Crippen molar-refractivity contribution in [2.75, 3.05) is 20.3 Å². The summed E-state index contributed by atoms with van der Waals surface area (Å²) in [6.45, 7) is 1.48. The van der Waals surface area contributed by atoms with E-state index in [0.717, 1.165) is 55.3 Å². The van der Waals surface area contributed by atoms with Gasteiger partial charge in [-0.3, -0.25) is 0 Å². The van der Waals surface area contributed by atoms with Crippen molar-refractivity contribution < 1.29 is 9.47 Å². The number of nitrogens with two attached hydrogens (primary N) is 1. The molecule has 5 nitrogen and oxygen atoms in total. The second-order valence-electron chi connectivity index (χ2n) is 5.62. The number of H-pyrrole nitrogens is 1. The van der Waals surface area contributed by atoms with Crippen molar-refractivity contribution >= 4 is 0 Å². The second-order valence-corrected chi connectivity index (χ2v) is 5.62. The number of rotatable bonds is 4. The van der Waals surface area contributed by atoms with E-state index in [0.29, 0.717) is 0 Å². The van der Waals surface area contributed by atoms with Gasteiger partial charge in [-0.1, -0.05) is 0 Å². The molecule has 0 amide bonds. The molecule has 21 heavy (non-hydrogen) atoms. The Morgan fingerprint density at radius 3 is 2.67 bits per heavy atom. The van der Waals surface area contributed by atoms with Gasteiger partial charge in [0.2, 0.25) is 0 Å². The Labute approximate surface area is 124 Å². The molecule has 0 aliphatic carbocycles. The van der Waals surface area contributed by atoms with E-state index in [-0.39, 0.29) is 5.54 Å². The molecule has 5 heteroatoms. The first kappa shape index (κ1) is 14.1. The van der Waals surface area contributed by atoms with Crippen molar-refractivity contribution in [2.45, 2.75) is 24.8 Å². The fourth-order valence-electron chi connectivity index (χ4n) is 2.66. The average Bonchev–Trinajstić information content (AvgIpc) is 2.96. The molecule has 0 radical (unpaired) electrons. The number of benzene rings is 1. The summed E-state index contributed by atoms with van der Waals surface area (Å²) in [7, 11) is 1.66. The van der Waals surface area contributed by atoms with Crippen LogP contribution in [-0.2, 0) is 11.2 Å². The van der Waals surface area contributed by atoms with Crippen LogP contribution in [-0.4, -0.2) is 35.8 Å². The lowest BCUT2D eigenvalue weighted by atomic mass is 9.88. The summed E-state index contributed by atoms with van der Waals surface area (Å²) < 4.78 is 10.5. The molecule has 1 aliphatic rings. The molecule has 0 bridgehead atoms. The summed E-state index contributed by atoms with van der Waals surface area (Å²) in [4.78, 5) is 7.83. The highest BCUT2D eigenvalue weighted by Crippen LogP contribution is 2.24.